The first-order chi connectivity index (χ1) is 6.81. The van der Waals surface area contributed by atoms with E-state index in [1.165, 1.54) is 44.9 Å². The highest BCUT2D eigenvalue weighted by atomic mass is 16.1. The Kier molecular flexibility index (Phi) is 10.00. The van der Waals surface area contributed by atoms with Crippen LogP contribution in [-0.4, -0.2) is 12.6 Å². The maximum absolute atomic E-state index is 9.87. The van der Waals surface area contributed by atoms with Crippen molar-refractivity contribution in [3.8, 4) is 0 Å². The van der Waals surface area contributed by atoms with Crippen LogP contribution in [0.5, 0.6) is 0 Å². The first-order valence-corrected chi connectivity index (χ1v) is 5.84. The van der Waals surface area contributed by atoms with Crippen molar-refractivity contribution in [3.05, 3.63) is 0 Å². The summed E-state index contributed by atoms with van der Waals surface area (Å²) < 4.78 is 0. The first kappa shape index (κ1) is 13.4. The molecule has 0 N–H and O–H groups in total. The summed E-state index contributed by atoms with van der Waals surface area (Å²) in [6.45, 7) is 5.03. The quantitative estimate of drug-likeness (QED) is 0.315. The maximum atomic E-state index is 9.87. The third-order valence-electron chi connectivity index (χ3n) is 2.52. The zero-order valence-electron chi connectivity index (χ0n) is 9.59. The molecule has 0 heterocycles. The number of unbranched alkanes of at least 4 members (excludes halogenated alkanes) is 5. The highest BCUT2D eigenvalue weighted by Gasteiger charge is 1.99. The van der Waals surface area contributed by atoms with Gasteiger partial charge in [0.05, 0.1) is 6.54 Å². The van der Waals surface area contributed by atoms with Crippen molar-refractivity contribution in [2.75, 3.05) is 6.54 Å². The molecule has 0 fully saturated rings. The minimum absolute atomic E-state index is 0.544. The molecule has 0 aromatic rings. The molecule has 2 nitrogen and oxygen atoms in total. The van der Waals surface area contributed by atoms with Crippen LogP contribution < -0.4 is 0 Å². The van der Waals surface area contributed by atoms with Gasteiger partial charge in [-0.25, -0.2) is 9.79 Å². The lowest BCUT2D eigenvalue weighted by atomic mass is 10.0. The van der Waals surface area contributed by atoms with E-state index in [2.05, 4.69) is 18.8 Å². The van der Waals surface area contributed by atoms with E-state index >= 15 is 0 Å². The highest BCUT2D eigenvalue weighted by Crippen LogP contribution is 2.11. The third-order valence-corrected chi connectivity index (χ3v) is 2.52. The Bertz CT molecular complexity index is 162. The fourth-order valence-corrected chi connectivity index (χ4v) is 1.56. The average molecular weight is 197 g/mol. The minimum atomic E-state index is 0.544. The number of aliphatic imine (C=N–C) groups is 1. The maximum Gasteiger partial charge on any atom is 0.234 e. The van der Waals surface area contributed by atoms with E-state index in [4.69, 9.17) is 0 Å². The van der Waals surface area contributed by atoms with Crippen LogP contribution >= 0.6 is 0 Å². The van der Waals surface area contributed by atoms with Gasteiger partial charge in [0.15, 0.2) is 0 Å². The van der Waals surface area contributed by atoms with Gasteiger partial charge in [0.1, 0.15) is 0 Å². The molecule has 0 aromatic heterocycles. The van der Waals surface area contributed by atoms with Gasteiger partial charge in [-0.1, -0.05) is 52.4 Å². The Labute approximate surface area is 87.8 Å². The summed E-state index contributed by atoms with van der Waals surface area (Å²) in [5.74, 6) is 0.544. The topological polar surface area (TPSA) is 29.4 Å². The molecule has 0 spiro atoms. The first-order valence-electron chi connectivity index (χ1n) is 5.84. The summed E-state index contributed by atoms with van der Waals surface area (Å²) >= 11 is 0. The van der Waals surface area contributed by atoms with Gasteiger partial charge in [-0.15, -0.1) is 0 Å². The molecule has 14 heavy (non-hydrogen) atoms. The molecule has 0 aliphatic heterocycles. The van der Waals surface area contributed by atoms with Crippen LogP contribution in [0.4, 0.5) is 0 Å². The smallest absolute Gasteiger partial charge is 0.211 e. The van der Waals surface area contributed by atoms with Crippen LogP contribution in [0.15, 0.2) is 4.99 Å². The van der Waals surface area contributed by atoms with Crippen LogP contribution in [-0.2, 0) is 4.79 Å². The van der Waals surface area contributed by atoms with E-state index in [0.717, 1.165) is 0 Å². The number of nitrogens with zero attached hydrogens (tertiary/aromatic N) is 1. The van der Waals surface area contributed by atoms with Crippen LogP contribution in [0.2, 0.25) is 0 Å². The molecule has 0 rings (SSSR count). The fourth-order valence-electron chi connectivity index (χ4n) is 1.56. The largest absolute Gasteiger partial charge is 0.234 e. The van der Waals surface area contributed by atoms with Gasteiger partial charge in [-0.05, 0) is 12.3 Å². The van der Waals surface area contributed by atoms with Gasteiger partial charge in [-0.3, -0.25) is 0 Å². The average Bonchev–Trinajstić information content (AvgIpc) is 2.20. The Morgan fingerprint density at radius 3 is 2.43 bits per heavy atom. The Hall–Kier alpha value is -0.620. The summed E-state index contributed by atoms with van der Waals surface area (Å²) in [6, 6.07) is 0. The second-order valence-corrected chi connectivity index (χ2v) is 4.09. The Morgan fingerprint density at radius 2 is 1.79 bits per heavy atom. The van der Waals surface area contributed by atoms with E-state index in [-0.39, 0.29) is 0 Å². The summed E-state index contributed by atoms with van der Waals surface area (Å²) in [5.41, 5.74) is 0. The van der Waals surface area contributed by atoms with E-state index < -0.39 is 0 Å². The number of hydrogen-bond acceptors (Lipinski definition) is 2. The predicted molar refractivity (Wildman–Crippen MR) is 60.1 cm³/mol. The zero-order chi connectivity index (χ0) is 10.6. The monoisotopic (exact) mass is 197 g/mol. The Balaban J connectivity index is 3.14. The molecule has 1 atom stereocenters. The molecule has 0 aliphatic carbocycles. The molecule has 1 unspecified atom stereocenters. The van der Waals surface area contributed by atoms with Crippen LogP contribution in [0.3, 0.4) is 0 Å². The number of hydrogen-bond donors (Lipinski definition) is 0. The van der Waals surface area contributed by atoms with Gasteiger partial charge in [-0.2, -0.15) is 0 Å². The van der Waals surface area contributed by atoms with Crippen LogP contribution in [0, 0.1) is 5.92 Å². The van der Waals surface area contributed by atoms with Crippen molar-refractivity contribution >= 4 is 6.08 Å². The molecular weight excluding hydrogens is 174 g/mol. The molecule has 2 heteroatoms. The van der Waals surface area contributed by atoms with E-state index in [1.54, 1.807) is 6.08 Å². The summed E-state index contributed by atoms with van der Waals surface area (Å²) in [6.07, 6.45) is 10.8. The van der Waals surface area contributed by atoms with Gasteiger partial charge >= 0.3 is 0 Å². The van der Waals surface area contributed by atoms with E-state index in [9.17, 15) is 4.79 Å². The SMILES string of the molecule is CCCCCCCCC(C)CN=C=O. The number of carbonyl (C=O) groups excluding carboxylic acids is 1. The van der Waals surface area contributed by atoms with Crippen molar-refractivity contribution < 1.29 is 4.79 Å². The van der Waals surface area contributed by atoms with Crippen molar-refractivity contribution in [1.29, 1.82) is 0 Å². The normalized spacial score (nSPS) is 12.1. The molecule has 0 amide bonds. The van der Waals surface area contributed by atoms with Gasteiger partial charge in [0.2, 0.25) is 6.08 Å². The molecule has 0 bridgehead atoms. The van der Waals surface area contributed by atoms with Crippen molar-refractivity contribution in [1.82, 2.24) is 0 Å². The van der Waals surface area contributed by atoms with Crippen molar-refractivity contribution in [2.45, 2.75) is 58.8 Å². The second-order valence-electron chi connectivity index (χ2n) is 4.09. The predicted octanol–water partition coefficient (Wildman–Crippen LogP) is 3.71. The van der Waals surface area contributed by atoms with Crippen LogP contribution in [0.1, 0.15) is 58.8 Å². The van der Waals surface area contributed by atoms with Gasteiger partial charge < -0.3 is 0 Å². The molecular formula is C12H23NO. The standard InChI is InChI=1S/C12H23NO/c1-3-4-5-6-7-8-9-12(2)10-13-11-14/h12H,3-10H2,1-2H3. The second kappa shape index (κ2) is 10.5. The third kappa shape index (κ3) is 9.47. The Morgan fingerprint density at radius 1 is 1.14 bits per heavy atom. The van der Waals surface area contributed by atoms with Gasteiger partial charge in [0.25, 0.3) is 0 Å². The van der Waals surface area contributed by atoms with Crippen molar-refractivity contribution in [2.24, 2.45) is 10.9 Å². The molecule has 0 aromatic carbocycles. The molecule has 0 saturated carbocycles. The lowest BCUT2D eigenvalue weighted by Crippen LogP contribution is -1.98. The van der Waals surface area contributed by atoms with Gasteiger partial charge in [0, 0.05) is 0 Å². The molecule has 0 aliphatic rings. The lowest BCUT2D eigenvalue weighted by molar-refractivity contribution is 0.488. The summed E-state index contributed by atoms with van der Waals surface area (Å²) in [5, 5.41) is 0. The molecule has 0 radical (unpaired) electrons. The van der Waals surface area contributed by atoms with E-state index in [1.807, 2.05) is 0 Å². The van der Waals surface area contributed by atoms with Crippen LogP contribution in [0.25, 0.3) is 0 Å². The lowest BCUT2D eigenvalue weighted by Gasteiger charge is -2.06. The minimum Gasteiger partial charge on any atom is -0.211 e. The molecule has 0 saturated heterocycles. The zero-order valence-corrected chi connectivity index (χ0v) is 9.59. The summed E-state index contributed by atoms with van der Waals surface area (Å²) in [4.78, 5) is 13.5. The molecule has 82 valence electrons. The highest BCUT2D eigenvalue weighted by molar-refractivity contribution is 5.32. The summed E-state index contributed by atoms with van der Waals surface area (Å²) in [7, 11) is 0. The van der Waals surface area contributed by atoms with Crippen molar-refractivity contribution in [3.63, 3.8) is 0 Å². The fraction of sp³-hybridized carbons (Fsp3) is 0.917. The number of isocyanates is 1. The number of rotatable bonds is 9. The van der Waals surface area contributed by atoms with E-state index in [0.29, 0.717) is 12.5 Å².